The summed E-state index contributed by atoms with van der Waals surface area (Å²) in [5.41, 5.74) is 1.76. The molecule has 1 aromatic heterocycles. The van der Waals surface area contributed by atoms with Crippen molar-refractivity contribution in [1.82, 2.24) is 25.5 Å². The Balaban J connectivity index is 1.50. The van der Waals surface area contributed by atoms with E-state index < -0.39 is 6.04 Å². The second kappa shape index (κ2) is 13.6. The van der Waals surface area contributed by atoms with Crippen molar-refractivity contribution in [3.8, 4) is 0 Å². The van der Waals surface area contributed by atoms with Gasteiger partial charge in [0, 0.05) is 18.4 Å². The van der Waals surface area contributed by atoms with Crippen LogP contribution in [-0.4, -0.2) is 48.9 Å². The van der Waals surface area contributed by atoms with Crippen LogP contribution in [0.25, 0.3) is 0 Å². The van der Waals surface area contributed by atoms with E-state index in [1.165, 1.54) is 11.6 Å². The lowest BCUT2D eigenvalue weighted by Gasteiger charge is -2.16. The first kappa shape index (κ1) is 28.0. The number of anilines is 1. The van der Waals surface area contributed by atoms with Gasteiger partial charge in [-0.15, -0.1) is 5.10 Å². The maximum Gasteiger partial charge on any atom is 0.279 e. The van der Waals surface area contributed by atoms with E-state index in [0.29, 0.717) is 38.7 Å². The fraction of sp³-hybridized carbons (Fsp3) is 0.304. The molecule has 13 heteroatoms. The van der Waals surface area contributed by atoms with Crippen molar-refractivity contribution in [2.45, 2.75) is 49.3 Å². The summed E-state index contributed by atoms with van der Waals surface area (Å²) in [6, 6.07) is 11.9. The van der Waals surface area contributed by atoms with E-state index in [4.69, 9.17) is 23.2 Å². The highest BCUT2D eigenvalue weighted by molar-refractivity contribution is 8.13. The predicted octanol–water partition coefficient (Wildman–Crippen LogP) is 5.12. The quantitative estimate of drug-likeness (QED) is 0.328. The first-order chi connectivity index (χ1) is 17.3. The Morgan fingerprint density at radius 3 is 2.42 bits per heavy atom. The maximum absolute atomic E-state index is 12.9. The molecule has 2 N–H and O–H groups in total. The molecule has 190 valence electrons. The lowest BCUT2D eigenvalue weighted by Crippen LogP contribution is -2.40. The number of ketones is 1. The third kappa shape index (κ3) is 8.22. The Morgan fingerprint density at radius 1 is 1.08 bits per heavy atom. The summed E-state index contributed by atoms with van der Waals surface area (Å²) in [5.74, 6) is 0.192. The van der Waals surface area contributed by atoms with Gasteiger partial charge in [-0.05, 0) is 64.9 Å². The molecule has 36 heavy (non-hydrogen) atoms. The number of amides is 2. The van der Waals surface area contributed by atoms with Gasteiger partial charge >= 0.3 is 0 Å². The largest absolute Gasteiger partial charge is 0.337 e. The van der Waals surface area contributed by atoms with Gasteiger partial charge in [-0.1, -0.05) is 60.1 Å². The Kier molecular flexibility index (Phi) is 10.6. The van der Waals surface area contributed by atoms with Crippen molar-refractivity contribution >= 4 is 69.3 Å². The number of hydrogen-bond donors (Lipinski definition) is 2. The highest BCUT2D eigenvalue weighted by Gasteiger charge is 2.22. The van der Waals surface area contributed by atoms with Gasteiger partial charge in [-0.25, -0.2) is 4.68 Å². The monoisotopic (exact) mass is 566 g/mol. The topological polar surface area (TPSA) is 119 Å². The number of Topliss-reactive ketones (excluding diaryl/α,β-unsaturated/α-hetero) is 1. The normalized spacial score (nSPS) is 11.7. The van der Waals surface area contributed by atoms with Gasteiger partial charge in [-0.2, -0.15) is 0 Å². The van der Waals surface area contributed by atoms with Gasteiger partial charge in [-0.3, -0.25) is 14.4 Å². The number of rotatable bonds is 11. The molecule has 0 bridgehead atoms. The Bertz CT molecular complexity index is 1200. The van der Waals surface area contributed by atoms with E-state index in [-0.39, 0.29) is 23.5 Å². The minimum atomic E-state index is -0.673. The second-order valence-corrected chi connectivity index (χ2v) is 10.5. The molecular weight excluding hydrogens is 543 g/mol. The second-order valence-electron chi connectivity index (χ2n) is 7.61. The molecule has 0 aliphatic rings. The van der Waals surface area contributed by atoms with Crippen LogP contribution >= 0.6 is 46.7 Å². The van der Waals surface area contributed by atoms with Crippen molar-refractivity contribution in [1.29, 1.82) is 0 Å². The predicted molar refractivity (Wildman–Crippen MR) is 143 cm³/mol. The lowest BCUT2D eigenvalue weighted by molar-refractivity contribution is -0.121. The standard InChI is InChI=1S/C23H24Cl2N6O3S2/c1-3-19(27-23(34)35-12-11-15-7-9-16(10-8-15)26-14(2)32)20(33)13-31-22(28-29-30-31)36-21-17(24)5-4-6-18(21)25/h4-10,19H,3,11-13H2,1-2H3,(H,26,32)(H,27,34). The SMILES string of the molecule is CCC(NC(=O)SCCc1ccc(NC(C)=O)cc1)C(=O)Cn1nnnc1Sc1c(Cl)cccc1Cl. The molecule has 0 saturated carbocycles. The van der Waals surface area contributed by atoms with E-state index in [2.05, 4.69) is 26.2 Å². The number of nitrogens with zero attached hydrogens (tertiary/aromatic N) is 4. The summed E-state index contributed by atoms with van der Waals surface area (Å²) in [6.45, 7) is 3.17. The van der Waals surface area contributed by atoms with Gasteiger partial charge in [0.1, 0.15) is 6.54 Å². The smallest absolute Gasteiger partial charge is 0.279 e. The molecule has 0 aliphatic heterocycles. The van der Waals surface area contributed by atoms with Crippen LogP contribution in [0.4, 0.5) is 10.5 Å². The van der Waals surface area contributed by atoms with Gasteiger partial charge in [0.2, 0.25) is 11.1 Å². The van der Waals surface area contributed by atoms with E-state index in [9.17, 15) is 14.4 Å². The summed E-state index contributed by atoms with van der Waals surface area (Å²) >= 11 is 14.7. The lowest BCUT2D eigenvalue weighted by atomic mass is 10.1. The summed E-state index contributed by atoms with van der Waals surface area (Å²) in [6.07, 6.45) is 1.09. The third-order valence-corrected chi connectivity index (χ3v) is 7.67. The summed E-state index contributed by atoms with van der Waals surface area (Å²) in [4.78, 5) is 37.0. The fourth-order valence-electron chi connectivity index (χ4n) is 3.11. The first-order valence-corrected chi connectivity index (χ1v) is 13.5. The fourth-order valence-corrected chi connectivity index (χ4v) is 5.29. The number of aryl methyl sites for hydroxylation is 1. The number of carbonyl (C=O) groups is 3. The maximum atomic E-state index is 12.9. The number of hydrogen-bond acceptors (Lipinski definition) is 8. The van der Waals surface area contributed by atoms with Crippen LogP contribution in [0.2, 0.25) is 10.0 Å². The number of thioether (sulfide) groups is 1. The first-order valence-electron chi connectivity index (χ1n) is 11.0. The summed E-state index contributed by atoms with van der Waals surface area (Å²) in [7, 11) is 0. The summed E-state index contributed by atoms with van der Waals surface area (Å²) in [5, 5.41) is 18.0. The average molecular weight is 568 g/mol. The van der Waals surface area contributed by atoms with Crippen molar-refractivity contribution in [3.63, 3.8) is 0 Å². The van der Waals surface area contributed by atoms with Gasteiger partial charge in [0.25, 0.3) is 5.24 Å². The van der Waals surface area contributed by atoms with E-state index in [0.717, 1.165) is 34.8 Å². The van der Waals surface area contributed by atoms with Gasteiger partial charge in [0.15, 0.2) is 5.78 Å². The molecule has 2 amide bonds. The molecule has 9 nitrogen and oxygen atoms in total. The third-order valence-electron chi connectivity index (χ3n) is 4.90. The van der Waals surface area contributed by atoms with Crippen LogP contribution in [0.5, 0.6) is 0 Å². The highest BCUT2D eigenvalue weighted by atomic mass is 35.5. The average Bonchev–Trinajstić information content (AvgIpc) is 3.27. The zero-order valence-electron chi connectivity index (χ0n) is 19.5. The molecule has 3 aromatic rings. The van der Waals surface area contributed by atoms with Crippen LogP contribution < -0.4 is 10.6 Å². The van der Waals surface area contributed by atoms with E-state index >= 15 is 0 Å². The molecule has 0 saturated heterocycles. The Hall–Kier alpha value is -2.60. The molecule has 0 fully saturated rings. The Morgan fingerprint density at radius 2 is 1.78 bits per heavy atom. The number of nitrogens with one attached hydrogen (secondary N) is 2. The molecule has 3 rings (SSSR count). The van der Waals surface area contributed by atoms with Crippen molar-refractivity contribution < 1.29 is 14.4 Å². The van der Waals surface area contributed by atoms with Gasteiger partial charge < -0.3 is 10.6 Å². The van der Waals surface area contributed by atoms with Crippen molar-refractivity contribution in [3.05, 3.63) is 58.1 Å². The highest BCUT2D eigenvalue weighted by Crippen LogP contribution is 2.37. The molecule has 0 aliphatic carbocycles. The zero-order chi connectivity index (χ0) is 26.1. The zero-order valence-corrected chi connectivity index (χ0v) is 22.7. The van der Waals surface area contributed by atoms with Crippen LogP contribution in [0, 0.1) is 0 Å². The van der Waals surface area contributed by atoms with Gasteiger partial charge in [0.05, 0.1) is 21.0 Å². The minimum absolute atomic E-state index is 0.110. The summed E-state index contributed by atoms with van der Waals surface area (Å²) < 4.78 is 1.36. The molecule has 1 heterocycles. The minimum Gasteiger partial charge on any atom is -0.337 e. The Labute approximate surface area is 227 Å². The van der Waals surface area contributed by atoms with Crippen LogP contribution in [0.15, 0.2) is 52.5 Å². The number of benzene rings is 2. The number of tetrazole rings is 1. The van der Waals surface area contributed by atoms with Crippen LogP contribution in [-0.2, 0) is 22.6 Å². The molecule has 2 aromatic carbocycles. The van der Waals surface area contributed by atoms with Crippen LogP contribution in [0.1, 0.15) is 25.8 Å². The van der Waals surface area contributed by atoms with Crippen molar-refractivity contribution in [2.75, 3.05) is 11.1 Å². The molecular formula is C23H24Cl2N6O3S2. The molecule has 1 unspecified atom stereocenters. The molecule has 0 spiro atoms. The van der Waals surface area contributed by atoms with E-state index in [1.807, 2.05) is 31.2 Å². The van der Waals surface area contributed by atoms with Crippen LogP contribution in [0.3, 0.4) is 0 Å². The molecule has 1 atom stereocenters. The molecule has 0 radical (unpaired) electrons. The van der Waals surface area contributed by atoms with E-state index in [1.54, 1.807) is 18.2 Å². The van der Waals surface area contributed by atoms with Crippen molar-refractivity contribution in [2.24, 2.45) is 0 Å². The number of halogens is 2. The number of carbonyl (C=O) groups excluding carboxylic acids is 3. The number of aromatic nitrogens is 4.